The molecule has 2 rings (SSSR count). The molecule has 1 fully saturated rings. The molecule has 1 aliphatic heterocycles. The molecular weight excluding hydrogens is 302 g/mol. The molecule has 4 nitrogen and oxygen atoms in total. The minimum absolute atomic E-state index is 0.0154. The van der Waals surface area contributed by atoms with Crippen molar-refractivity contribution in [2.24, 2.45) is 11.8 Å². The first kappa shape index (κ1) is 17.1. The van der Waals surface area contributed by atoms with Crippen LogP contribution in [0.15, 0.2) is 24.3 Å². The van der Waals surface area contributed by atoms with Crippen molar-refractivity contribution in [3.63, 3.8) is 0 Å². The maximum Gasteiger partial charge on any atom is 0.257 e. The quantitative estimate of drug-likeness (QED) is 0.873. The third kappa shape index (κ3) is 5.18. The van der Waals surface area contributed by atoms with E-state index in [1.807, 2.05) is 0 Å². The summed E-state index contributed by atoms with van der Waals surface area (Å²) in [5.41, 5.74) is 0. The fraction of sp³-hybridized carbons (Fsp3) is 0.588. The van der Waals surface area contributed by atoms with Gasteiger partial charge in [-0.25, -0.2) is 0 Å². The van der Waals surface area contributed by atoms with Crippen molar-refractivity contribution >= 4 is 17.5 Å². The topological polar surface area (TPSA) is 47.6 Å². The van der Waals surface area contributed by atoms with Gasteiger partial charge < -0.3 is 14.8 Å². The molecule has 1 heterocycles. The first-order valence-electron chi connectivity index (χ1n) is 7.83. The van der Waals surface area contributed by atoms with Crippen molar-refractivity contribution < 1.29 is 14.3 Å². The molecular formula is C17H24ClNO3. The minimum Gasteiger partial charge on any atom is -0.484 e. The van der Waals surface area contributed by atoms with Crippen molar-refractivity contribution in [3.8, 4) is 5.75 Å². The summed E-state index contributed by atoms with van der Waals surface area (Å²) < 4.78 is 11.3. The zero-order chi connectivity index (χ0) is 15.9. The Hall–Kier alpha value is -1.26. The van der Waals surface area contributed by atoms with E-state index in [-0.39, 0.29) is 18.6 Å². The molecule has 1 saturated heterocycles. The normalized spacial score (nSPS) is 21.6. The highest BCUT2D eigenvalue weighted by Crippen LogP contribution is 2.25. The number of amides is 1. The molecule has 0 spiro atoms. The fourth-order valence-corrected chi connectivity index (χ4v) is 2.92. The molecule has 5 heteroatoms. The Labute approximate surface area is 137 Å². The summed E-state index contributed by atoms with van der Waals surface area (Å²) in [7, 11) is 0. The fourth-order valence-electron chi connectivity index (χ4n) is 2.80. The molecule has 1 aromatic carbocycles. The lowest BCUT2D eigenvalue weighted by Crippen LogP contribution is -2.42. The molecule has 1 aromatic rings. The molecule has 0 unspecified atom stereocenters. The Morgan fingerprint density at radius 3 is 2.82 bits per heavy atom. The van der Waals surface area contributed by atoms with Crippen LogP contribution in [-0.2, 0) is 9.53 Å². The molecule has 2 atom stereocenters. The van der Waals surface area contributed by atoms with Crippen LogP contribution >= 0.6 is 11.6 Å². The van der Waals surface area contributed by atoms with Gasteiger partial charge in [-0.15, -0.1) is 0 Å². The molecule has 22 heavy (non-hydrogen) atoms. The van der Waals surface area contributed by atoms with Crippen LogP contribution < -0.4 is 10.1 Å². The molecule has 122 valence electrons. The van der Waals surface area contributed by atoms with Crippen molar-refractivity contribution in [2.75, 3.05) is 19.8 Å². The van der Waals surface area contributed by atoms with Gasteiger partial charge in [0.15, 0.2) is 6.61 Å². The lowest BCUT2D eigenvalue weighted by Gasteiger charge is -2.34. The maximum atomic E-state index is 11.9. The number of halogens is 1. The summed E-state index contributed by atoms with van der Waals surface area (Å²) in [6, 6.07) is 6.97. The first-order valence-corrected chi connectivity index (χ1v) is 8.20. The van der Waals surface area contributed by atoms with Gasteiger partial charge in [0.2, 0.25) is 0 Å². The van der Waals surface area contributed by atoms with Crippen LogP contribution in [0.4, 0.5) is 0 Å². The van der Waals surface area contributed by atoms with Gasteiger partial charge in [0.25, 0.3) is 5.91 Å². The van der Waals surface area contributed by atoms with Gasteiger partial charge in [0.1, 0.15) is 5.75 Å². The molecule has 0 radical (unpaired) electrons. The molecule has 0 aliphatic carbocycles. The molecule has 1 N–H and O–H groups in total. The van der Waals surface area contributed by atoms with Gasteiger partial charge in [-0.05, 0) is 43.0 Å². The van der Waals surface area contributed by atoms with Crippen molar-refractivity contribution in [3.05, 3.63) is 29.3 Å². The van der Waals surface area contributed by atoms with E-state index < -0.39 is 0 Å². The van der Waals surface area contributed by atoms with Crippen LogP contribution in [0.25, 0.3) is 0 Å². The highest BCUT2D eigenvalue weighted by molar-refractivity contribution is 6.30. The van der Waals surface area contributed by atoms with Crippen molar-refractivity contribution in [2.45, 2.75) is 32.8 Å². The monoisotopic (exact) mass is 325 g/mol. The number of hydrogen-bond donors (Lipinski definition) is 1. The van der Waals surface area contributed by atoms with Crippen LogP contribution in [0, 0.1) is 11.8 Å². The van der Waals surface area contributed by atoms with E-state index in [4.69, 9.17) is 21.1 Å². The van der Waals surface area contributed by atoms with Crippen molar-refractivity contribution in [1.29, 1.82) is 0 Å². The summed E-state index contributed by atoms with van der Waals surface area (Å²) in [4.78, 5) is 11.9. The Morgan fingerprint density at radius 1 is 1.41 bits per heavy atom. The summed E-state index contributed by atoms with van der Waals surface area (Å²) in [6.07, 6.45) is 2.39. The lowest BCUT2D eigenvalue weighted by atomic mass is 9.87. The van der Waals surface area contributed by atoms with E-state index in [1.54, 1.807) is 24.3 Å². The zero-order valence-corrected chi connectivity index (χ0v) is 13.9. The van der Waals surface area contributed by atoms with Gasteiger partial charge in [-0.2, -0.15) is 0 Å². The number of rotatable bonds is 6. The second-order valence-electron chi connectivity index (χ2n) is 6.03. The molecule has 0 bridgehead atoms. The smallest absolute Gasteiger partial charge is 0.257 e. The minimum atomic E-state index is -0.108. The number of benzene rings is 1. The number of carbonyl (C=O) groups excluding carboxylic acids is 1. The van der Waals surface area contributed by atoms with E-state index in [9.17, 15) is 4.79 Å². The maximum absolute atomic E-state index is 11.9. The lowest BCUT2D eigenvalue weighted by molar-refractivity contribution is -0.124. The second-order valence-corrected chi connectivity index (χ2v) is 6.46. The second kappa shape index (κ2) is 8.39. The predicted octanol–water partition coefficient (Wildman–Crippen LogP) is 3.29. The van der Waals surface area contributed by atoms with E-state index in [0.717, 1.165) is 19.4 Å². The first-order chi connectivity index (χ1) is 10.6. The van der Waals surface area contributed by atoms with E-state index >= 15 is 0 Å². The third-order valence-corrected chi connectivity index (χ3v) is 4.15. The zero-order valence-electron chi connectivity index (χ0n) is 13.2. The third-order valence-electron chi connectivity index (χ3n) is 3.90. The molecule has 0 aromatic heterocycles. The average Bonchev–Trinajstić information content (AvgIpc) is 2.52. The number of ether oxygens (including phenoxy) is 2. The molecule has 1 aliphatic rings. The predicted molar refractivity (Wildman–Crippen MR) is 87.3 cm³/mol. The van der Waals surface area contributed by atoms with Crippen LogP contribution in [0.3, 0.4) is 0 Å². The largest absolute Gasteiger partial charge is 0.484 e. The standard InChI is InChI=1S/C17H24ClNO3/c1-12(2)17-13(4-3-9-21-17)10-19-16(20)11-22-15-7-5-14(18)6-8-15/h5-8,12-13,17H,3-4,9-11H2,1-2H3,(H,19,20)/t13-,17-/m1/s1. The van der Waals surface area contributed by atoms with Gasteiger partial charge in [-0.3, -0.25) is 4.79 Å². The SMILES string of the molecule is CC(C)[C@H]1OCCC[C@@H]1CNC(=O)COc1ccc(Cl)cc1. The Morgan fingerprint density at radius 2 is 2.14 bits per heavy atom. The molecule has 1 amide bonds. The van der Waals surface area contributed by atoms with Crippen molar-refractivity contribution in [1.82, 2.24) is 5.32 Å². The van der Waals surface area contributed by atoms with Gasteiger partial charge in [0.05, 0.1) is 6.10 Å². The molecule has 0 saturated carbocycles. The Bertz CT molecular complexity index is 475. The highest BCUT2D eigenvalue weighted by Gasteiger charge is 2.28. The average molecular weight is 326 g/mol. The summed E-state index contributed by atoms with van der Waals surface area (Å²) in [5, 5.41) is 3.60. The van der Waals surface area contributed by atoms with Crippen LogP contribution in [0.1, 0.15) is 26.7 Å². The summed E-state index contributed by atoms with van der Waals surface area (Å²) >= 11 is 5.80. The van der Waals surface area contributed by atoms with Gasteiger partial charge in [-0.1, -0.05) is 25.4 Å². The summed E-state index contributed by atoms with van der Waals surface area (Å²) in [5.74, 6) is 1.38. The van der Waals surface area contributed by atoms with Gasteiger partial charge >= 0.3 is 0 Å². The van der Waals surface area contributed by atoms with Crippen LogP contribution in [-0.4, -0.2) is 31.8 Å². The van der Waals surface area contributed by atoms with Crippen LogP contribution in [0.2, 0.25) is 5.02 Å². The van der Waals surface area contributed by atoms with E-state index in [2.05, 4.69) is 19.2 Å². The number of hydrogen-bond acceptors (Lipinski definition) is 3. The Kier molecular flexibility index (Phi) is 6.52. The van der Waals surface area contributed by atoms with E-state index in [0.29, 0.717) is 29.2 Å². The summed E-state index contributed by atoms with van der Waals surface area (Å²) in [6.45, 7) is 5.81. The van der Waals surface area contributed by atoms with E-state index in [1.165, 1.54) is 0 Å². The van der Waals surface area contributed by atoms with Crippen LogP contribution in [0.5, 0.6) is 5.75 Å². The number of nitrogens with one attached hydrogen (secondary N) is 1. The Balaban J connectivity index is 1.73. The number of carbonyl (C=O) groups is 1. The highest BCUT2D eigenvalue weighted by atomic mass is 35.5. The van der Waals surface area contributed by atoms with Gasteiger partial charge in [0, 0.05) is 24.1 Å².